The molecule has 1 N–H and O–H groups in total. The molecule has 7 nitrogen and oxygen atoms in total. The molecule has 2 aromatic carbocycles. The largest absolute Gasteiger partial charge is 0.402 e. The summed E-state index contributed by atoms with van der Waals surface area (Å²) in [5, 5.41) is 11.5. The maximum atomic E-state index is 13.2. The first-order valence-corrected chi connectivity index (χ1v) is 11.7. The van der Waals surface area contributed by atoms with Gasteiger partial charge in [-0.15, -0.1) is 5.10 Å². The lowest BCUT2D eigenvalue weighted by molar-refractivity contribution is -0.122. The van der Waals surface area contributed by atoms with Crippen LogP contribution in [0.1, 0.15) is 18.4 Å². The third-order valence-corrected chi connectivity index (χ3v) is 7.26. The van der Waals surface area contributed by atoms with E-state index >= 15 is 0 Å². The lowest BCUT2D eigenvalue weighted by Crippen LogP contribution is -2.43. The van der Waals surface area contributed by atoms with Crippen molar-refractivity contribution in [2.75, 3.05) is 19.6 Å². The molecule has 2 fully saturated rings. The number of amides is 1. The van der Waals surface area contributed by atoms with Gasteiger partial charge in [-0.25, -0.2) is 0 Å². The van der Waals surface area contributed by atoms with Gasteiger partial charge in [0.2, 0.25) is 11.8 Å². The van der Waals surface area contributed by atoms with Gasteiger partial charge >= 0.3 is 6.01 Å². The zero-order valence-electron chi connectivity index (χ0n) is 16.6. The van der Waals surface area contributed by atoms with E-state index in [-0.39, 0.29) is 11.9 Å². The highest BCUT2D eigenvalue weighted by Gasteiger charge is 2.49. The molecule has 2 saturated heterocycles. The molecule has 1 amide bonds. The first-order chi connectivity index (χ1) is 15.1. The Kier molecular flexibility index (Phi) is 5.64. The minimum absolute atomic E-state index is 0.0676. The summed E-state index contributed by atoms with van der Waals surface area (Å²) in [5.74, 6) is 0.314. The van der Waals surface area contributed by atoms with Crippen LogP contribution in [-0.2, 0) is 9.54 Å². The van der Waals surface area contributed by atoms with Crippen molar-refractivity contribution in [3.63, 3.8) is 0 Å². The number of nitrogens with one attached hydrogen (secondary N) is 1. The summed E-state index contributed by atoms with van der Waals surface area (Å²) < 4.78 is 5.93. The number of aliphatic imine (C=N–C) groups is 1. The van der Waals surface area contributed by atoms with Crippen LogP contribution >= 0.6 is 27.7 Å². The Morgan fingerprint density at radius 3 is 2.58 bits per heavy atom. The van der Waals surface area contributed by atoms with E-state index in [1.165, 1.54) is 24.6 Å². The van der Waals surface area contributed by atoms with Gasteiger partial charge in [0.15, 0.2) is 5.17 Å². The highest BCUT2D eigenvalue weighted by Crippen LogP contribution is 2.43. The Balaban J connectivity index is 1.43. The first kappa shape index (κ1) is 20.4. The molecule has 31 heavy (non-hydrogen) atoms. The van der Waals surface area contributed by atoms with E-state index in [0.717, 1.165) is 28.7 Å². The molecule has 0 saturated carbocycles. The number of halogens is 1. The normalized spacial score (nSPS) is 22.9. The van der Waals surface area contributed by atoms with Crippen LogP contribution in [0, 0.1) is 0 Å². The van der Waals surface area contributed by atoms with E-state index in [9.17, 15) is 4.79 Å². The zero-order chi connectivity index (χ0) is 21.3. The van der Waals surface area contributed by atoms with Crippen molar-refractivity contribution >= 4 is 44.8 Å². The van der Waals surface area contributed by atoms with Gasteiger partial charge in [0.1, 0.15) is 4.75 Å². The predicted molar refractivity (Wildman–Crippen MR) is 124 cm³/mol. The highest BCUT2D eigenvalue weighted by molar-refractivity contribution is 9.10. The van der Waals surface area contributed by atoms with Crippen LogP contribution in [0.4, 0.5) is 6.01 Å². The summed E-state index contributed by atoms with van der Waals surface area (Å²) in [6.45, 7) is 2.66. The Morgan fingerprint density at radius 2 is 1.84 bits per heavy atom. The summed E-state index contributed by atoms with van der Waals surface area (Å²) in [5.41, 5.74) is 1.77. The van der Waals surface area contributed by atoms with Crippen molar-refractivity contribution in [2.45, 2.75) is 17.6 Å². The van der Waals surface area contributed by atoms with Gasteiger partial charge in [-0.3, -0.25) is 4.79 Å². The highest BCUT2D eigenvalue weighted by atomic mass is 79.9. The van der Waals surface area contributed by atoms with Crippen LogP contribution in [0.2, 0.25) is 0 Å². The van der Waals surface area contributed by atoms with Gasteiger partial charge in [0, 0.05) is 16.6 Å². The Labute approximate surface area is 192 Å². The summed E-state index contributed by atoms with van der Waals surface area (Å²) in [6.07, 6.45) is 2.33. The number of carbonyl (C=O) groups is 1. The van der Waals surface area contributed by atoms with E-state index in [0.29, 0.717) is 17.6 Å². The molecule has 0 bridgehead atoms. The Hall–Kier alpha value is -2.49. The number of benzene rings is 2. The van der Waals surface area contributed by atoms with Crippen molar-refractivity contribution in [1.29, 1.82) is 0 Å². The van der Waals surface area contributed by atoms with E-state index < -0.39 is 4.75 Å². The summed E-state index contributed by atoms with van der Waals surface area (Å²) in [4.78, 5) is 20.0. The fourth-order valence-electron chi connectivity index (χ4n) is 3.89. The SMILES string of the molecule is O=C1N/C(=N\c2nnc(-c3ccc(Br)cc3)o2)SC1(CN1CCCC1)c1ccccc1. The van der Waals surface area contributed by atoms with Crippen molar-refractivity contribution < 1.29 is 9.21 Å². The molecule has 1 atom stereocenters. The van der Waals surface area contributed by atoms with Gasteiger partial charge in [-0.2, -0.15) is 4.99 Å². The molecule has 1 unspecified atom stereocenters. The molecule has 0 aliphatic carbocycles. The number of amidine groups is 1. The molecule has 3 heterocycles. The Bertz CT molecular complexity index is 1110. The van der Waals surface area contributed by atoms with Crippen LogP contribution in [0.25, 0.3) is 11.5 Å². The molecule has 158 valence electrons. The minimum atomic E-state index is -0.751. The summed E-state index contributed by atoms with van der Waals surface area (Å²) >= 11 is 4.83. The lowest BCUT2D eigenvalue weighted by Gasteiger charge is -2.30. The van der Waals surface area contributed by atoms with Gasteiger partial charge in [0.05, 0.1) is 0 Å². The maximum absolute atomic E-state index is 13.2. The van der Waals surface area contributed by atoms with Crippen LogP contribution in [0.15, 0.2) is 68.5 Å². The second kappa shape index (κ2) is 8.57. The summed E-state index contributed by atoms with van der Waals surface area (Å²) in [7, 11) is 0. The number of carbonyl (C=O) groups excluding carboxylic acids is 1. The number of thioether (sulfide) groups is 1. The second-order valence-electron chi connectivity index (χ2n) is 7.55. The molecule has 9 heteroatoms. The fraction of sp³-hybridized carbons (Fsp3) is 0.273. The smallest absolute Gasteiger partial charge is 0.345 e. The molecule has 2 aliphatic heterocycles. The predicted octanol–water partition coefficient (Wildman–Crippen LogP) is 4.34. The number of hydrogen-bond acceptors (Lipinski definition) is 7. The quantitative estimate of drug-likeness (QED) is 0.564. The van der Waals surface area contributed by atoms with Crippen LogP contribution < -0.4 is 5.32 Å². The number of nitrogens with zero attached hydrogens (tertiary/aromatic N) is 4. The number of aromatic nitrogens is 2. The van der Waals surface area contributed by atoms with Crippen LogP contribution in [0.3, 0.4) is 0 Å². The average Bonchev–Trinajstić information content (AvgIpc) is 3.52. The standard InChI is InChI=1S/C22H20BrN5O2S/c23-17-10-8-15(9-11-17)18-26-27-20(30-18)25-21-24-19(29)22(31-21,14-28-12-4-5-13-28)16-6-2-1-3-7-16/h1-3,6-11H,4-5,12-14H2,(H,24,25,27,29). The molecular weight excluding hydrogens is 478 g/mol. The fourth-order valence-corrected chi connectivity index (χ4v) is 5.40. The number of likely N-dealkylation sites (tertiary alicyclic amines) is 1. The molecule has 2 aliphatic rings. The van der Waals surface area contributed by atoms with Crippen LogP contribution in [-0.4, -0.2) is 45.8 Å². The van der Waals surface area contributed by atoms with Crippen molar-refractivity contribution in [1.82, 2.24) is 20.4 Å². The Morgan fingerprint density at radius 1 is 1.10 bits per heavy atom. The van der Waals surface area contributed by atoms with Gasteiger partial charge < -0.3 is 14.6 Å². The molecule has 0 spiro atoms. The van der Waals surface area contributed by atoms with E-state index in [2.05, 4.69) is 41.3 Å². The topological polar surface area (TPSA) is 83.6 Å². The monoisotopic (exact) mass is 497 g/mol. The minimum Gasteiger partial charge on any atom is -0.402 e. The average molecular weight is 498 g/mol. The lowest BCUT2D eigenvalue weighted by atomic mass is 9.96. The molecule has 5 rings (SSSR count). The zero-order valence-corrected chi connectivity index (χ0v) is 19.0. The molecule has 0 radical (unpaired) electrons. The second-order valence-corrected chi connectivity index (χ2v) is 9.75. The third-order valence-electron chi connectivity index (χ3n) is 5.45. The van der Waals surface area contributed by atoms with E-state index in [1.54, 1.807) is 0 Å². The van der Waals surface area contributed by atoms with Crippen LogP contribution in [0.5, 0.6) is 0 Å². The van der Waals surface area contributed by atoms with E-state index in [4.69, 9.17) is 4.42 Å². The first-order valence-electron chi connectivity index (χ1n) is 10.1. The summed E-state index contributed by atoms with van der Waals surface area (Å²) in [6, 6.07) is 17.6. The molecule has 1 aromatic heterocycles. The van der Waals surface area contributed by atoms with Crippen molar-refractivity contribution in [3.05, 3.63) is 64.6 Å². The number of rotatable bonds is 5. The molecule has 3 aromatic rings. The van der Waals surface area contributed by atoms with Gasteiger partial charge in [0.25, 0.3) is 0 Å². The van der Waals surface area contributed by atoms with Gasteiger partial charge in [-0.1, -0.05) is 63.1 Å². The van der Waals surface area contributed by atoms with E-state index in [1.807, 2.05) is 54.6 Å². The third kappa shape index (κ3) is 4.17. The number of hydrogen-bond donors (Lipinski definition) is 1. The maximum Gasteiger partial charge on any atom is 0.345 e. The molecular formula is C22H20BrN5O2S. The van der Waals surface area contributed by atoms with Gasteiger partial charge in [-0.05, 0) is 55.8 Å². The van der Waals surface area contributed by atoms with Crippen molar-refractivity contribution in [3.8, 4) is 11.5 Å². The van der Waals surface area contributed by atoms with Crippen molar-refractivity contribution in [2.24, 2.45) is 4.99 Å².